The summed E-state index contributed by atoms with van der Waals surface area (Å²) in [4.78, 5) is 13.4. The summed E-state index contributed by atoms with van der Waals surface area (Å²) in [6.45, 7) is 3.42. The summed E-state index contributed by atoms with van der Waals surface area (Å²) in [7, 11) is -0.407. The van der Waals surface area contributed by atoms with Crippen LogP contribution in [0.4, 0.5) is 5.69 Å². The van der Waals surface area contributed by atoms with Gasteiger partial charge in [-0.1, -0.05) is 18.5 Å². The highest BCUT2D eigenvalue weighted by Gasteiger charge is 2.20. The van der Waals surface area contributed by atoms with Gasteiger partial charge in [-0.05, 0) is 6.42 Å². The van der Waals surface area contributed by atoms with Crippen molar-refractivity contribution >= 4 is 33.2 Å². The number of benzene rings is 1. The third-order valence-electron chi connectivity index (χ3n) is 3.25. The average molecular weight is 379 g/mol. The van der Waals surface area contributed by atoms with E-state index < -0.39 is 10.0 Å². The van der Waals surface area contributed by atoms with Crippen LogP contribution < -0.4 is 19.1 Å². The molecule has 0 spiro atoms. The van der Waals surface area contributed by atoms with E-state index >= 15 is 0 Å². The predicted molar refractivity (Wildman–Crippen MR) is 94.7 cm³/mol. The van der Waals surface area contributed by atoms with Crippen LogP contribution in [0.5, 0.6) is 11.5 Å². The van der Waals surface area contributed by atoms with E-state index in [0.29, 0.717) is 28.6 Å². The highest BCUT2D eigenvalue weighted by molar-refractivity contribution is 7.89. The maximum Gasteiger partial charge on any atom is 0.224 e. The van der Waals surface area contributed by atoms with Gasteiger partial charge in [0.1, 0.15) is 11.5 Å². The van der Waals surface area contributed by atoms with Gasteiger partial charge in [0.15, 0.2) is 0 Å². The molecule has 0 aromatic heterocycles. The van der Waals surface area contributed by atoms with Crippen molar-refractivity contribution in [2.24, 2.45) is 0 Å². The molecule has 1 rings (SSSR count). The zero-order valence-electron chi connectivity index (χ0n) is 14.3. The largest absolute Gasteiger partial charge is 0.495 e. The molecule has 1 aromatic rings. The molecule has 24 heavy (non-hydrogen) atoms. The molecular formula is C15H23ClN2O5S. The van der Waals surface area contributed by atoms with E-state index in [2.05, 4.69) is 4.72 Å². The summed E-state index contributed by atoms with van der Waals surface area (Å²) in [5.74, 6) is 0.579. The van der Waals surface area contributed by atoms with Crippen molar-refractivity contribution in [2.75, 3.05) is 38.0 Å². The molecule has 7 nitrogen and oxygen atoms in total. The summed E-state index contributed by atoms with van der Waals surface area (Å²) < 4.78 is 36.3. The van der Waals surface area contributed by atoms with Crippen LogP contribution in [0.2, 0.25) is 5.02 Å². The van der Waals surface area contributed by atoms with Gasteiger partial charge in [0.05, 0.1) is 30.7 Å². The number of methoxy groups -OCH3 is 2. The first-order valence-corrected chi connectivity index (χ1v) is 9.45. The van der Waals surface area contributed by atoms with E-state index in [1.165, 1.54) is 26.0 Å². The Labute approximate surface area is 147 Å². The van der Waals surface area contributed by atoms with Crippen LogP contribution in [0.3, 0.4) is 0 Å². The maximum atomic E-state index is 12.0. The average Bonchev–Trinajstić information content (AvgIpc) is 2.51. The SMILES string of the molecule is CCCS(=O)(=O)NCCN(C(C)=O)c1cc(OC)c(Cl)cc1OC. The predicted octanol–water partition coefficient (Wildman–Crippen LogP) is 2.04. The van der Waals surface area contributed by atoms with Crippen molar-refractivity contribution in [1.29, 1.82) is 0 Å². The lowest BCUT2D eigenvalue weighted by Gasteiger charge is -2.24. The van der Waals surface area contributed by atoms with Gasteiger partial charge in [-0.2, -0.15) is 0 Å². The lowest BCUT2D eigenvalue weighted by molar-refractivity contribution is -0.116. The Kier molecular flexibility index (Phi) is 7.78. The minimum Gasteiger partial charge on any atom is -0.495 e. The van der Waals surface area contributed by atoms with E-state index in [-0.39, 0.29) is 24.7 Å². The van der Waals surface area contributed by atoms with Crippen LogP contribution in [-0.2, 0) is 14.8 Å². The molecule has 0 aliphatic carbocycles. The van der Waals surface area contributed by atoms with E-state index in [4.69, 9.17) is 21.1 Å². The second-order valence-electron chi connectivity index (χ2n) is 5.04. The molecule has 0 fully saturated rings. The topological polar surface area (TPSA) is 84.9 Å². The summed E-state index contributed by atoms with van der Waals surface area (Å²) in [6.07, 6.45) is 0.522. The highest BCUT2D eigenvalue weighted by atomic mass is 35.5. The number of hydrogen-bond acceptors (Lipinski definition) is 5. The number of halogens is 1. The van der Waals surface area contributed by atoms with Crippen LogP contribution in [0, 0.1) is 0 Å². The molecule has 0 bridgehead atoms. The van der Waals surface area contributed by atoms with Crippen LogP contribution in [0.25, 0.3) is 0 Å². The second-order valence-corrected chi connectivity index (χ2v) is 7.38. The Morgan fingerprint density at radius 2 is 1.88 bits per heavy atom. The van der Waals surface area contributed by atoms with Crippen LogP contribution in [0.15, 0.2) is 12.1 Å². The molecule has 0 saturated carbocycles. The first-order valence-electron chi connectivity index (χ1n) is 7.42. The van der Waals surface area contributed by atoms with Gasteiger partial charge >= 0.3 is 0 Å². The molecule has 0 aliphatic heterocycles. The number of hydrogen-bond donors (Lipinski definition) is 1. The van der Waals surface area contributed by atoms with Crippen LogP contribution >= 0.6 is 11.6 Å². The Morgan fingerprint density at radius 3 is 2.38 bits per heavy atom. The molecule has 1 amide bonds. The maximum absolute atomic E-state index is 12.0. The van der Waals surface area contributed by atoms with Crippen LogP contribution in [0.1, 0.15) is 20.3 Å². The number of rotatable bonds is 9. The zero-order chi connectivity index (χ0) is 18.3. The third kappa shape index (κ3) is 5.54. The number of nitrogens with zero attached hydrogens (tertiary/aromatic N) is 1. The summed E-state index contributed by atoms with van der Waals surface area (Å²) in [6, 6.07) is 3.13. The van der Waals surface area contributed by atoms with Gasteiger partial charge in [-0.3, -0.25) is 4.79 Å². The lowest BCUT2D eigenvalue weighted by atomic mass is 10.2. The van der Waals surface area contributed by atoms with E-state index in [0.717, 1.165) is 0 Å². The summed E-state index contributed by atoms with van der Waals surface area (Å²) in [5, 5.41) is 0.352. The fourth-order valence-corrected chi connectivity index (χ4v) is 3.47. The van der Waals surface area contributed by atoms with Gasteiger partial charge in [0, 0.05) is 32.1 Å². The number of sulfonamides is 1. The molecule has 0 heterocycles. The number of nitrogens with one attached hydrogen (secondary N) is 1. The van der Waals surface area contributed by atoms with Crippen molar-refractivity contribution in [2.45, 2.75) is 20.3 Å². The Hall–Kier alpha value is -1.51. The van der Waals surface area contributed by atoms with E-state index in [1.54, 1.807) is 19.1 Å². The van der Waals surface area contributed by atoms with Crippen molar-refractivity contribution in [3.63, 3.8) is 0 Å². The molecule has 0 unspecified atom stereocenters. The lowest BCUT2D eigenvalue weighted by Crippen LogP contribution is -2.38. The summed E-state index contributed by atoms with van der Waals surface area (Å²) in [5.41, 5.74) is 0.459. The quantitative estimate of drug-likeness (QED) is 0.710. The molecule has 0 radical (unpaired) electrons. The number of anilines is 1. The minimum atomic E-state index is -3.34. The second kappa shape index (κ2) is 9.10. The fraction of sp³-hybridized carbons (Fsp3) is 0.533. The molecule has 136 valence electrons. The number of ether oxygens (including phenoxy) is 2. The molecule has 1 N–H and O–H groups in total. The van der Waals surface area contributed by atoms with Crippen LogP contribution in [-0.4, -0.2) is 47.4 Å². The zero-order valence-corrected chi connectivity index (χ0v) is 15.8. The monoisotopic (exact) mass is 378 g/mol. The Morgan fingerprint density at radius 1 is 1.25 bits per heavy atom. The molecule has 0 atom stereocenters. The van der Waals surface area contributed by atoms with Crippen molar-refractivity contribution < 1.29 is 22.7 Å². The normalized spacial score (nSPS) is 11.2. The number of carbonyl (C=O) groups excluding carboxylic acids is 1. The van der Waals surface area contributed by atoms with Crippen molar-refractivity contribution in [3.8, 4) is 11.5 Å². The smallest absolute Gasteiger partial charge is 0.224 e. The van der Waals surface area contributed by atoms with Gasteiger partial charge in [-0.25, -0.2) is 13.1 Å². The molecule has 0 aliphatic rings. The number of amides is 1. The van der Waals surface area contributed by atoms with Gasteiger partial charge in [-0.15, -0.1) is 0 Å². The van der Waals surface area contributed by atoms with Gasteiger partial charge in [0.2, 0.25) is 15.9 Å². The Balaban J connectivity index is 3.02. The van der Waals surface area contributed by atoms with Crippen molar-refractivity contribution in [3.05, 3.63) is 17.2 Å². The van der Waals surface area contributed by atoms with E-state index in [9.17, 15) is 13.2 Å². The molecule has 0 saturated heterocycles. The fourth-order valence-electron chi connectivity index (χ4n) is 2.16. The Bertz CT molecular complexity index is 679. The first kappa shape index (κ1) is 20.5. The van der Waals surface area contributed by atoms with Gasteiger partial charge < -0.3 is 14.4 Å². The van der Waals surface area contributed by atoms with E-state index in [1.807, 2.05) is 0 Å². The molecule has 1 aromatic carbocycles. The highest BCUT2D eigenvalue weighted by Crippen LogP contribution is 2.38. The first-order chi connectivity index (χ1) is 11.3. The minimum absolute atomic E-state index is 0.0468. The molecular weight excluding hydrogens is 356 g/mol. The summed E-state index contributed by atoms with van der Waals surface area (Å²) >= 11 is 6.06. The number of carbonyl (C=O) groups is 1. The molecule has 9 heteroatoms. The third-order valence-corrected chi connectivity index (χ3v) is 5.14. The van der Waals surface area contributed by atoms with Gasteiger partial charge in [0.25, 0.3) is 0 Å². The van der Waals surface area contributed by atoms with Crippen molar-refractivity contribution in [1.82, 2.24) is 4.72 Å². The standard InChI is InChI=1S/C15H23ClN2O5S/c1-5-8-24(20,21)17-6-7-18(11(2)19)13-10-14(22-3)12(16)9-15(13)23-4/h9-10,17H,5-8H2,1-4H3.